The van der Waals surface area contributed by atoms with Gasteiger partial charge in [-0.25, -0.2) is 0 Å². The summed E-state index contributed by atoms with van der Waals surface area (Å²) in [6.07, 6.45) is 7.33. The number of amides is 1. The number of esters is 1. The van der Waals surface area contributed by atoms with Gasteiger partial charge in [0.05, 0.1) is 12.8 Å². The summed E-state index contributed by atoms with van der Waals surface area (Å²) in [6, 6.07) is 9.06. The molecule has 4 aliphatic carbocycles. The number of aliphatic carboxylic acids is 1. The number of hydrogen-bond donors (Lipinski definition) is 3. The SMILES string of the molecule is C[C@]12CCC(=O)C=C1CC[C@@H]1[C@@H]2CC[C@@]2(C)[C@H]1CC[C@]2(O)C(=O)COC(=O)CCC(=O)NCC(CC(=O)O)c1ccccc1. The van der Waals surface area contributed by atoms with Crippen molar-refractivity contribution in [3.8, 4) is 0 Å². The van der Waals surface area contributed by atoms with Gasteiger partial charge in [-0.15, -0.1) is 0 Å². The highest BCUT2D eigenvalue weighted by molar-refractivity contribution is 5.92. The fraction of sp³-hybridized carbons (Fsp3) is 0.629. The molecule has 5 rings (SSSR count). The lowest BCUT2D eigenvalue weighted by Gasteiger charge is -2.58. The summed E-state index contributed by atoms with van der Waals surface area (Å²) in [4.78, 5) is 61.7. The van der Waals surface area contributed by atoms with Gasteiger partial charge in [0, 0.05) is 30.7 Å². The number of carbonyl (C=O) groups is 5. The van der Waals surface area contributed by atoms with E-state index in [-0.39, 0.29) is 42.9 Å². The second-order valence-corrected chi connectivity index (χ2v) is 13.9. The largest absolute Gasteiger partial charge is 0.481 e. The Morgan fingerprint density at radius 1 is 0.977 bits per heavy atom. The van der Waals surface area contributed by atoms with E-state index < -0.39 is 47.2 Å². The van der Waals surface area contributed by atoms with E-state index in [1.165, 1.54) is 5.57 Å². The van der Waals surface area contributed by atoms with Gasteiger partial charge in [0.25, 0.3) is 0 Å². The molecule has 3 N–H and O–H groups in total. The van der Waals surface area contributed by atoms with Gasteiger partial charge >= 0.3 is 11.9 Å². The Kier molecular flexibility index (Phi) is 9.17. The third kappa shape index (κ3) is 6.00. The summed E-state index contributed by atoms with van der Waals surface area (Å²) >= 11 is 0. The number of carbonyl (C=O) groups excluding carboxylic acids is 4. The zero-order valence-electron chi connectivity index (χ0n) is 25.8. The van der Waals surface area contributed by atoms with Crippen molar-refractivity contribution in [2.24, 2.45) is 28.6 Å². The van der Waals surface area contributed by atoms with Crippen LogP contribution >= 0.6 is 0 Å². The van der Waals surface area contributed by atoms with Crippen molar-refractivity contribution in [2.75, 3.05) is 13.2 Å². The molecule has 238 valence electrons. The van der Waals surface area contributed by atoms with Crippen LogP contribution in [0.15, 0.2) is 42.0 Å². The minimum absolute atomic E-state index is 0.00338. The quantitative estimate of drug-likeness (QED) is 0.311. The molecule has 0 bridgehead atoms. The third-order valence-electron chi connectivity index (χ3n) is 11.7. The molecule has 4 aliphatic rings. The van der Waals surface area contributed by atoms with E-state index in [0.717, 1.165) is 37.7 Å². The number of ketones is 2. The summed E-state index contributed by atoms with van der Waals surface area (Å²) in [6.45, 7) is 3.91. The third-order valence-corrected chi connectivity index (χ3v) is 11.7. The second kappa shape index (κ2) is 12.6. The summed E-state index contributed by atoms with van der Waals surface area (Å²) in [7, 11) is 0. The van der Waals surface area contributed by atoms with E-state index in [2.05, 4.69) is 12.2 Å². The predicted octanol–water partition coefficient (Wildman–Crippen LogP) is 4.52. The molecule has 3 saturated carbocycles. The van der Waals surface area contributed by atoms with Gasteiger partial charge in [-0.3, -0.25) is 24.0 Å². The highest BCUT2D eigenvalue weighted by atomic mass is 16.5. The van der Waals surface area contributed by atoms with Crippen molar-refractivity contribution < 1.29 is 38.9 Å². The number of rotatable bonds is 11. The molecule has 0 aliphatic heterocycles. The maximum absolute atomic E-state index is 13.5. The van der Waals surface area contributed by atoms with Crippen LogP contribution < -0.4 is 5.32 Å². The second-order valence-electron chi connectivity index (χ2n) is 13.9. The summed E-state index contributed by atoms with van der Waals surface area (Å²) in [5.74, 6) is -1.75. The molecule has 1 unspecified atom stereocenters. The summed E-state index contributed by atoms with van der Waals surface area (Å²) in [5, 5.41) is 23.8. The molecule has 44 heavy (non-hydrogen) atoms. The Hall–Kier alpha value is -3.33. The number of carboxylic acids is 1. The molecule has 0 radical (unpaired) electrons. The number of Topliss-reactive ketones (excluding diaryl/α,β-unsaturated/α-hetero) is 1. The summed E-state index contributed by atoms with van der Waals surface area (Å²) < 4.78 is 5.26. The highest BCUT2D eigenvalue weighted by Gasteiger charge is 2.66. The van der Waals surface area contributed by atoms with Crippen LogP contribution in [-0.4, -0.2) is 58.4 Å². The van der Waals surface area contributed by atoms with Crippen LogP contribution in [-0.2, 0) is 28.7 Å². The van der Waals surface area contributed by atoms with Gasteiger partial charge in [0.2, 0.25) is 11.7 Å². The van der Waals surface area contributed by atoms with E-state index >= 15 is 0 Å². The first kappa shape index (κ1) is 32.1. The van der Waals surface area contributed by atoms with Gasteiger partial charge in [-0.05, 0) is 79.8 Å². The average molecular weight is 608 g/mol. The molecule has 0 spiro atoms. The number of aliphatic hydroxyl groups is 1. The van der Waals surface area contributed by atoms with Crippen molar-refractivity contribution in [3.63, 3.8) is 0 Å². The molecule has 1 amide bonds. The Morgan fingerprint density at radius 2 is 1.70 bits per heavy atom. The molecule has 0 saturated heterocycles. The first-order valence-corrected chi connectivity index (χ1v) is 16.1. The molecule has 0 aromatic heterocycles. The van der Waals surface area contributed by atoms with Gasteiger partial charge in [0.1, 0.15) is 5.60 Å². The molecule has 9 heteroatoms. The van der Waals surface area contributed by atoms with Crippen molar-refractivity contribution in [2.45, 2.75) is 96.0 Å². The molecule has 7 atom stereocenters. The van der Waals surface area contributed by atoms with Gasteiger partial charge in [-0.2, -0.15) is 0 Å². The number of allylic oxidation sites excluding steroid dienone is 1. The van der Waals surface area contributed by atoms with Crippen LogP contribution in [0.2, 0.25) is 0 Å². The highest BCUT2D eigenvalue weighted by Crippen LogP contribution is 2.67. The van der Waals surface area contributed by atoms with E-state index in [4.69, 9.17) is 4.74 Å². The topological polar surface area (TPSA) is 147 Å². The van der Waals surface area contributed by atoms with E-state index in [1.54, 1.807) is 12.1 Å². The molecular weight excluding hydrogens is 562 g/mol. The van der Waals surface area contributed by atoms with Crippen LogP contribution in [0.25, 0.3) is 0 Å². The van der Waals surface area contributed by atoms with Crippen LogP contribution in [0.4, 0.5) is 0 Å². The van der Waals surface area contributed by atoms with E-state index in [9.17, 15) is 34.2 Å². The Labute approximate surface area is 258 Å². The van der Waals surface area contributed by atoms with Gasteiger partial charge in [-0.1, -0.05) is 49.8 Å². The number of hydrogen-bond acceptors (Lipinski definition) is 7. The van der Waals surface area contributed by atoms with Crippen LogP contribution in [0, 0.1) is 28.6 Å². The fourth-order valence-corrected chi connectivity index (χ4v) is 9.16. The Bertz CT molecular complexity index is 1340. The molecule has 0 heterocycles. The molecule has 9 nitrogen and oxygen atoms in total. The lowest BCUT2D eigenvalue weighted by Crippen LogP contribution is -2.58. The van der Waals surface area contributed by atoms with Crippen LogP contribution in [0.1, 0.15) is 96.0 Å². The van der Waals surface area contributed by atoms with E-state index in [0.29, 0.717) is 31.1 Å². The summed E-state index contributed by atoms with van der Waals surface area (Å²) in [5.41, 5.74) is -0.100. The van der Waals surface area contributed by atoms with Crippen molar-refractivity contribution in [1.29, 1.82) is 0 Å². The average Bonchev–Trinajstić information content (AvgIpc) is 3.28. The van der Waals surface area contributed by atoms with Crippen molar-refractivity contribution in [1.82, 2.24) is 5.32 Å². The first-order valence-electron chi connectivity index (χ1n) is 16.1. The molecule has 3 fully saturated rings. The minimum atomic E-state index is -1.57. The lowest BCUT2D eigenvalue weighted by atomic mass is 9.46. The maximum atomic E-state index is 13.5. The number of ether oxygens (including phenoxy) is 1. The van der Waals surface area contributed by atoms with E-state index in [1.807, 2.05) is 31.2 Å². The fourth-order valence-electron chi connectivity index (χ4n) is 9.16. The number of nitrogens with one attached hydrogen (secondary N) is 1. The number of benzene rings is 1. The normalized spacial score (nSPS) is 33.2. The smallest absolute Gasteiger partial charge is 0.306 e. The first-order chi connectivity index (χ1) is 20.9. The zero-order valence-corrected chi connectivity index (χ0v) is 25.8. The van der Waals surface area contributed by atoms with Gasteiger partial charge in [0.15, 0.2) is 12.4 Å². The Balaban J connectivity index is 1.12. The van der Waals surface area contributed by atoms with Crippen molar-refractivity contribution >= 4 is 29.4 Å². The van der Waals surface area contributed by atoms with Crippen LogP contribution in [0.3, 0.4) is 0 Å². The molecular formula is C35H45NO8. The number of fused-ring (bicyclic) bond motifs is 5. The minimum Gasteiger partial charge on any atom is -0.481 e. The molecule has 1 aromatic carbocycles. The Morgan fingerprint density at radius 3 is 2.43 bits per heavy atom. The van der Waals surface area contributed by atoms with Gasteiger partial charge < -0.3 is 20.3 Å². The lowest BCUT2D eigenvalue weighted by molar-refractivity contribution is -0.170. The van der Waals surface area contributed by atoms with Crippen LogP contribution in [0.5, 0.6) is 0 Å². The van der Waals surface area contributed by atoms with Crippen molar-refractivity contribution in [3.05, 3.63) is 47.5 Å². The predicted molar refractivity (Wildman–Crippen MR) is 161 cm³/mol. The molecule has 1 aromatic rings. The standard InChI is InChI=1S/C35H45NO8/c1-33-15-12-25(37)19-24(33)8-9-26-27(33)13-16-34(2)28(26)14-17-35(34,43)29(38)21-44-32(42)11-10-30(39)36-20-23(18-31(40)41)22-6-4-3-5-7-22/h3-7,19,23,26-28,43H,8-18,20-21H2,1-2H3,(H,36,39)(H,40,41)/t23?,26-,27+,28+,33+,34+,35+/m1/s1. The zero-order chi connectivity index (χ0) is 31.7. The number of carboxylic acid groups (broad SMARTS) is 1. The monoisotopic (exact) mass is 607 g/mol. The maximum Gasteiger partial charge on any atom is 0.306 e.